The van der Waals surface area contributed by atoms with Gasteiger partial charge in [0.05, 0.1) is 12.3 Å². The molecule has 0 aliphatic heterocycles. The lowest BCUT2D eigenvalue weighted by molar-refractivity contribution is -0.123. The fraction of sp³-hybridized carbons (Fsp3) is 0.353. The first kappa shape index (κ1) is 16.1. The van der Waals surface area contributed by atoms with Crippen molar-refractivity contribution in [2.75, 3.05) is 27.2 Å². The Morgan fingerprint density at radius 1 is 1.27 bits per heavy atom. The van der Waals surface area contributed by atoms with Gasteiger partial charge in [-0.2, -0.15) is 0 Å². The molecule has 0 spiro atoms. The molecule has 0 unspecified atom stereocenters. The summed E-state index contributed by atoms with van der Waals surface area (Å²) in [6.45, 7) is 2.42. The smallest absolute Gasteiger partial charge is 0.258 e. The van der Waals surface area contributed by atoms with E-state index in [9.17, 15) is 4.79 Å². The monoisotopic (exact) mass is 302 g/mol. The van der Waals surface area contributed by atoms with Crippen LogP contribution in [0, 0.1) is 6.92 Å². The van der Waals surface area contributed by atoms with Gasteiger partial charge in [-0.05, 0) is 44.8 Å². The topological polar surface area (TPSA) is 54.7 Å². The lowest BCUT2D eigenvalue weighted by Crippen LogP contribution is -2.36. The molecule has 0 bridgehead atoms. The predicted octanol–water partition coefficient (Wildman–Crippen LogP) is 2.39. The second kappa shape index (κ2) is 7.66. The molecule has 0 saturated carbocycles. The van der Waals surface area contributed by atoms with Gasteiger partial charge in [-0.25, -0.2) is 0 Å². The number of carbonyl (C=O) groups excluding carboxylic acids is 1. The first-order chi connectivity index (χ1) is 10.6. The third-order valence-electron chi connectivity index (χ3n) is 3.44. The molecule has 2 aromatic rings. The van der Waals surface area contributed by atoms with E-state index in [2.05, 4.69) is 5.32 Å². The Bertz CT molecular complexity index is 594. The highest BCUT2D eigenvalue weighted by Crippen LogP contribution is 2.18. The van der Waals surface area contributed by atoms with E-state index in [4.69, 9.17) is 9.15 Å². The Labute approximate surface area is 130 Å². The van der Waals surface area contributed by atoms with Crippen molar-refractivity contribution in [1.29, 1.82) is 0 Å². The minimum absolute atomic E-state index is 0.00240. The lowest BCUT2D eigenvalue weighted by atomic mass is 10.2. The van der Waals surface area contributed by atoms with Crippen LogP contribution in [0.1, 0.15) is 17.4 Å². The van der Waals surface area contributed by atoms with E-state index in [-0.39, 0.29) is 18.6 Å². The average Bonchev–Trinajstić information content (AvgIpc) is 3.00. The van der Waals surface area contributed by atoms with Crippen LogP contribution < -0.4 is 10.1 Å². The number of hydrogen-bond donors (Lipinski definition) is 1. The van der Waals surface area contributed by atoms with E-state index in [0.717, 1.165) is 17.1 Å². The van der Waals surface area contributed by atoms with Gasteiger partial charge in [-0.1, -0.05) is 18.2 Å². The van der Waals surface area contributed by atoms with E-state index in [1.165, 1.54) is 0 Å². The molecule has 0 radical (unpaired) electrons. The molecule has 1 heterocycles. The Morgan fingerprint density at radius 2 is 2.05 bits per heavy atom. The molecule has 0 aliphatic rings. The fourth-order valence-corrected chi connectivity index (χ4v) is 2.14. The van der Waals surface area contributed by atoms with Crippen LogP contribution in [0.4, 0.5) is 0 Å². The van der Waals surface area contributed by atoms with Gasteiger partial charge in [-0.15, -0.1) is 0 Å². The fourth-order valence-electron chi connectivity index (χ4n) is 2.14. The number of furan rings is 1. The van der Waals surface area contributed by atoms with Crippen LogP contribution in [-0.2, 0) is 4.79 Å². The number of hydrogen-bond acceptors (Lipinski definition) is 4. The van der Waals surface area contributed by atoms with Crippen LogP contribution in [0.5, 0.6) is 5.75 Å². The van der Waals surface area contributed by atoms with Crippen molar-refractivity contribution < 1.29 is 13.9 Å². The molecule has 0 saturated heterocycles. The number of nitrogens with zero attached hydrogens (tertiary/aromatic N) is 1. The minimum Gasteiger partial charge on any atom is -0.484 e. The molecule has 5 heteroatoms. The van der Waals surface area contributed by atoms with Crippen LogP contribution in [0.25, 0.3) is 0 Å². The van der Waals surface area contributed by atoms with E-state index < -0.39 is 0 Å². The molecule has 2 rings (SSSR count). The molecule has 0 fully saturated rings. The van der Waals surface area contributed by atoms with Gasteiger partial charge in [0.2, 0.25) is 0 Å². The highest BCUT2D eigenvalue weighted by Gasteiger charge is 2.17. The Hall–Kier alpha value is -2.27. The molecule has 1 aromatic heterocycles. The van der Waals surface area contributed by atoms with Gasteiger partial charge < -0.3 is 14.5 Å². The van der Waals surface area contributed by atoms with Crippen LogP contribution >= 0.6 is 0 Å². The normalized spacial score (nSPS) is 12.2. The minimum atomic E-state index is -0.151. The molecule has 5 nitrogen and oxygen atoms in total. The van der Waals surface area contributed by atoms with Crippen molar-refractivity contribution >= 4 is 5.91 Å². The number of amides is 1. The molecular weight excluding hydrogens is 280 g/mol. The van der Waals surface area contributed by atoms with Crippen LogP contribution in [0.15, 0.2) is 47.1 Å². The molecule has 118 valence electrons. The van der Waals surface area contributed by atoms with Gasteiger partial charge in [0.15, 0.2) is 6.61 Å². The van der Waals surface area contributed by atoms with Crippen molar-refractivity contribution in [3.63, 3.8) is 0 Å². The Balaban J connectivity index is 1.83. The molecule has 1 N–H and O–H groups in total. The third-order valence-corrected chi connectivity index (χ3v) is 3.44. The molecule has 22 heavy (non-hydrogen) atoms. The summed E-state index contributed by atoms with van der Waals surface area (Å²) in [6, 6.07) is 11.4. The maximum Gasteiger partial charge on any atom is 0.258 e. The molecule has 1 atom stereocenters. The summed E-state index contributed by atoms with van der Waals surface area (Å²) in [5, 5.41) is 2.88. The highest BCUT2D eigenvalue weighted by atomic mass is 16.5. The number of nitrogens with one attached hydrogen (secondary N) is 1. The van der Waals surface area contributed by atoms with Gasteiger partial charge in [0, 0.05) is 6.54 Å². The summed E-state index contributed by atoms with van der Waals surface area (Å²) in [4.78, 5) is 13.9. The molecule has 0 aliphatic carbocycles. The standard InChI is InChI=1S/C17H22N2O3/c1-13-7-4-5-8-15(13)22-12-17(20)18-11-14(19(2)3)16-9-6-10-21-16/h4-10,14H,11-12H2,1-3H3,(H,18,20)/t14-/m0/s1. The van der Waals surface area contributed by atoms with Crippen molar-refractivity contribution in [3.8, 4) is 5.75 Å². The number of likely N-dealkylation sites (N-methyl/N-ethyl adjacent to an activating group) is 1. The SMILES string of the molecule is Cc1ccccc1OCC(=O)NC[C@@H](c1ccco1)N(C)C. The third kappa shape index (κ3) is 4.36. The van der Waals surface area contributed by atoms with Crippen LogP contribution in [-0.4, -0.2) is 38.1 Å². The molecule has 1 aromatic carbocycles. The number of carbonyl (C=O) groups is 1. The van der Waals surface area contributed by atoms with Crippen molar-refractivity contribution in [3.05, 3.63) is 54.0 Å². The second-order valence-electron chi connectivity index (χ2n) is 5.35. The molecular formula is C17H22N2O3. The number of ether oxygens (including phenoxy) is 1. The van der Waals surface area contributed by atoms with E-state index in [1.807, 2.05) is 62.3 Å². The zero-order valence-electron chi connectivity index (χ0n) is 13.2. The zero-order valence-corrected chi connectivity index (χ0v) is 13.2. The zero-order chi connectivity index (χ0) is 15.9. The van der Waals surface area contributed by atoms with E-state index in [1.54, 1.807) is 6.26 Å². The number of rotatable bonds is 7. The summed E-state index contributed by atoms with van der Waals surface area (Å²) >= 11 is 0. The number of benzene rings is 1. The van der Waals surface area contributed by atoms with Crippen molar-refractivity contribution in [1.82, 2.24) is 10.2 Å². The largest absolute Gasteiger partial charge is 0.484 e. The lowest BCUT2D eigenvalue weighted by Gasteiger charge is -2.22. The first-order valence-corrected chi connectivity index (χ1v) is 7.23. The highest BCUT2D eigenvalue weighted by molar-refractivity contribution is 5.77. The Kier molecular flexibility index (Phi) is 5.61. The summed E-state index contributed by atoms with van der Waals surface area (Å²) in [5.74, 6) is 1.40. The van der Waals surface area contributed by atoms with Gasteiger partial charge >= 0.3 is 0 Å². The van der Waals surface area contributed by atoms with Crippen LogP contribution in [0.3, 0.4) is 0 Å². The van der Waals surface area contributed by atoms with Gasteiger partial charge in [0.25, 0.3) is 5.91 Å². The van der Waals surface area contributed by atoms with Crippen LogP contribution in [0.2, 0.25) is 0 Å². The maximum absolute atomic E-state index is 11.9. The summed E-state index contributed by atoms with van der Waals surface area (Å²) in [6.07, 6.45) is 1.63. The number of aryl methyl sites for hydroxylation is 1. The summed E-state index contributed by atoms with van der Waals surface area (Å²) in [7, 11) is 3.90. The molecule has 1 amide bonds. The summed E-state index contributed by atoms with van der Waals surface area (Å²) in [5.41, 5.74) is 1.01. The summed E-state index contributed by atoms with van der Waals surface area (Å²) < 4.78 is 10.9. The van der Waals surface area contributed by atoms with E-state index in [0.29, 0.717) is 6.54 Å². The number of para-hydroxylation sites is 1. The predicted molar refractivity (Wildman–Crippen MR) is 84.8 cm³/mol. The average molecular weight is 302 g/mol. The maximum atomic E-state index is 11.9. The Morgan fingerprint density at radius 3 is 2.68 bits per heavy atom. The van der Waals surface area contributed by atoms with Gasteiger partial charge in [-0.3, -0.25) is 9.69 Å². The van der Waals surface area contributed by atoms with Gasteiger partial charge in [0.1, 0.15) is 11.5 Å². The van der Waals surface area contributed by atoms with E-state index >= 15 is 0 Å². The quantitative estimate of drug-likeness (QED) is 0.853. The van der Waals surface area contributed by atoms with Crippen molar-refractivity contribution in [2.24, 2.45) is 0 Å². The first-order valence-electron chi connectivity index (χ1n) is 7.23. The van der Waals surface area contributed by atoms with Crippen molar-refractivity contribution in [2.45, 2.75) is 13.0 Å². The second-order valence-corrected chi connectivity index (χ2v) is 5.35.